The molecule has 0 aliphatic rings. The van der Waals surface area contributed by atoms with E-state index in [9.17, 15) is 13.2 Å². The lowest BCUT2D eigenvalue weighted by atomic mass is 9.97. The summed E-state index contributed by atoms with van der Waals surface area (Å²) >= 11 is 0. The quantitative estimate of drug-likeness (QED) is 0.0444. The molecule has 0 aliphatic carbocycles. The monoisotopic (exact) mass is 937 g/mol. The molecule has 0 fully saturated rings. The van der Waals surface area contributed by atoms with Crippen LogP contribution in [0.25, 0.3) is 0 Å². The van der Waals surface area contributed by atoms with Crippen LogP contribution in [0.1, 0.15) is 202 Å². The second-order valence-electron chi connectivity index (χ2n) is 21.2. The molecular formula is C53H115F3O8. The number of aliphatic hydroxyl groups excluding tert-OH is 8. The van der Waals surface area contributed by atoms with Gasteiger partial charge < -0.3 is 40.9 Å². The van der Waals surface area contributed by atoms with Crippen LogP contribution in [0.5, 0.6) is 0 Å². The Morgan fingerprint density at radius 3 is 0.859 bits per heavy atom. The summed E-state index contributed by atoms with van der Waals surface area (Å²) in [4.78, 5) is 0. The highest BCUT2D eigenvalue weighted by atomic mass is 19.2. The SMILES string of the molecule is C=CCC(C)C.C=CCCC(C)C.CC(C)CC(C)(F)CO.CC(C)CC(O)CO.CC(C)CCC(O)CO.CC(C)CCCO.CC(C)C[C@@](C)(F)CO.CC(C)C[C@](C)(F)CO. The number of hydrogen-bond acceptors (Lipinski definition) is 8. The van der Waals surface area contributed by atoms with Crippen LogP contribution in [0.15, 0.2) is 25.3 Å². The van der Waals surface area contributed by atoms with Crippen LogP contribution >= 0.6 is 0 Å². The standard InChI is InChI=1S/3C7H15FO.C7H16O2.C7H14.C6H14O2.C6H14O.C6H12/c3*1-6(2)4-7(3,8)5-9;1-6(2)3-4-7(9)5-8;1-4-5-6-7(2)3;1-5(2)3-6(8)4-7;1-6(2)4-3-5-7;1-4-5-6(2)3/h3*6,9H,4-5H2,1-3H3;6-9H,3-5H2,1-2H3;4,7H,1,5-6H2,2-3H3;5-8H,3-4H2,1-2H3;6-7H,3-5H2,1-2H3;4,6H,1,5H2,2-3H3/t2*7-;;;;;;/m10....../s1. The first-order chi connectivity index (χ1) is 29.1. The zero-order valence-electron chi connectivity index (χ0n) is 45.6. The van der Waals surface area contributed by atoms with Gasteiger partial charge in [0, 0.05) is 6.61 Å². The summed E-state index contributed by atoms with van der Waals surface area (Å²) in [6, 6.07) is 0. The Labute approximate surface area is 396 Å². The Morgan fingerprint density at radius 1 is 0.422 bits per heavy atom. The lowest BCUT2D eigenvalue weighted by molar-refractivity contribution is 0.0681. The Hall–Kier alpha value is -1.05. The molecule has 0 radical (unpaired) electrons. The van der Waals surface area contributed by atoms with Crippen molar-refractivity contribution in [2.75, 3.05) is 39.6 Å². The van der Waals surface area contributed by atoms with Crippen LogP contribution in [0, 0.1) is 47.3 Å². The zero-order chi connectivity index (χ0) is 52.7. The van der Waals surface area contributed by atoms with E-state index < -0.39 is 29.2 Å². The lowest BCUT2D eigenvalue weighted by Crippen LogP contribution is -2.25. The van der Waals surface area contributed by atoms with Crippen molar-refractivity contribution in [1.82, 2.24) is 0 Å². The summed E-state index contributed by atoms with van der Waals surface area (Å²) in [5, 5.41) is 68.1. The predicted octanol–water partition coefficient (Wildman–Crippen LogP) is 12.7. The van der Waals surface area contributed by atoms with Gasteiger partial charge in [-0.3, -0.25) is 0 Å². The molecule has 11 heteroatoms. The Balaban J connectivity index is -0.0000000937. The third-order valence-corrected chi connectivity index (χ3v) is 8.26. The predicted molar refractivity (Wildman–Crippen MR) is 273 cm³/mol. The first-order valence-electron chi connectivity index (χ1n) is 24.4. The van der Waals surface area contributed by atoms with E-state index in [2.05, 4.69) is 68.5 Å². The molecular weight excluding hydrogens is 822 g/mol. The normalized spacial score (nSPS) is 14.5. The number of rotatable bonds is 24. The molecule has 0 heterocycles. The molecule has 3 unspecified atom stereocenters. The first-order valence-corrected chi connectivity index (χ1v) is 24.4. The highest BCUT2D eigenvalue weighted by Crippen LogP contribution is 2.21. The molecule has 0 aromatic rings. The van der Waals surface area contributed by atoms with E-state index in [1.54, 1.807) is 0 Å². The van der Waals surface area contributed by atoms with Crippen LogP contribution in [0.3, 0.4) is 0 Å². The van der Waals surface area contributed by atoms with Crippen molar-refractivity contribution in [3.05, 3.63) is 25.3 Å². The van der Waals surface area contributed by atoms with Crippen molar-refractivity contribution < 1.29 is 54.0 Å². The molecule has 0 spiro atoms. The van der Waals surface area contributed by atoms with E-state index in [-0.39, 0.29) is 33.0 Å². The highest BCUT2D eigenvalue weighted by Gasteiger charge is 2.24. The van der Waals surface area contributed by atoms with Crippen molar-refractivity contribution >= 4 is 0 Å². The molecule has 0 amide bonds. The number of alkyl halides is 3. The van der Waals surface area contributed by atoms with Gasteiger partial charge in [-0.2, -0.15) is 0 Å². The highest BCUT2D eigenvalue weighted by molar-refractivity contribution is 4.74. The topological polar surface area (TPSA) is 162 Å². The fraction of sp³-hybridized carbons (Fsp3) is 0.925. The molecule has 8 N–H and O–H groups in total. The van der Waals surface area contributed by atoms with Crippen LogP contribution in [0.2, 0.25) is 0 Å². The average molecular weight is 937 g/mol. The number of aliphatic hydroxyl groups is 8. The maximum absolute atomic E-state index is 12.8. The molecule has 0 saturated heterocycles. The van der Waals surface area contributed by atoms with E-state index in [0.29, 0.717) is 68.3 Å². The van der Waals surface area contributed by atoms with Crippen molar-refractivity contribution in [2.45, 2.75) is 231 Å². The summed E-state index contributed by atoms with van der Waals surface area (Å²) in [6.07, 6.45) is 12.3. The average Bonchev–Trinajstić information content (AvgIpc) is 3.15. The zero-order valence-corrected chi connectivity index (χ0v) is 45.6. The fourth-order valence-corrected chi connectivity index (χ4v) is 5.27. The van der Waals surface area contributed by atoms with Crippen LogP contribution in [0.4, 0.5) is 13.2 Å². The van der Waals surface area contributed by atoms with Crippen LogP contribution < -0.4 is 0 Å². The largest absolute Gasteiger partial charge is 0.396 e. The summed E-state index contributed by atoms with van der Waals surface area (Å²) in [7, 11) is 0. The van der Waals surface area contributed by atoms with Crippen molar-refractivity contribution in [3.8, 4) is 0 Å². The summed E-state index contributed by atoms with van der Waals surface area (Å²) in [5.41, 5.74) is -4.14. The number of hydrogen-bond donors (Lipinski definition) is 8. The Morgan fingerprint density at radius 2 is 0.750 bits per heavy atom. The van der Waals surface area contributed by atoms with E-state index in [1.165, 1.54) is 27.2 Å². The Bertz CT molecular complexity index is 841. The van der Waals surface area contributed by atoms with Gasteiger partial charge in [-0.25, -0.2) is 13.2 Å². The molecule has 64 heavy (non-hydrogen) atoms. The molecule has 0 rings (SSSR count). The number of halogens is 3. The van der Waals surface area contributed by atoms with Gasteiger partial charge in [-0.15, -0.1) is 13.2 Å². The van der Waals surface area contributed by atoms with Crippen molar-refractivity contribution in [2.24, 2.45) is 47.3 Å². The van der Waals surface area contributed by atoms with Gasteiger partial charge in [-0.05, 0) is 139 Å². The van der Waals surface area contributed by atoms with Crippen LogP contribution in [-0.2, 0) is 0 Å². The Kier molecular flexibility index (Phi) is 66.1. The van der Waals surface area contributed by atoms with Gasteiger partial charge in [0.2, 0.25) is 0 Å². The third-order valence-electron chi connectivity index (χ3n) is 8.26. The van der Waals surface area contributed by atoms with Gasteiger partial charge in [0.05, 0.1) is 45.2 Å². The second-order valence-corrected chi connectivity index (χ2v) is 21.2. The fourth-order valence-electron chi connectivity index (χ4n) is 5.27. The van der Waals surface area contributed by atoms with Gasteiger partial charge in [0.1, 0.15) is 17.0 Å². The second kappa shape index (κ2) is 52.9. The van der Waals surface area contributed by atoms with Gasteiger partial charge >= 0.3 is 0 Å². The minimum absolute atomic E-state index is 0.104. The maximum atomic E-state index is 12.8. The van der Waals surface area contributed by atoms with E-state index in [1.807, 2.05) is 67.5 Å². The summed E-state index contributed by atoms with van der Waals surface area (Å²) < 4.78 is 38.5. The minimum Gasteiger partial charge on any atom is -0.396 e. The van der Waals surface area contributed by atoms with Crippen molar-refractivity contribution in [1.29, 1.82) is 0 Å². The molecule has 396 valence electrons. The van der Waals surface area contributed by atoms with E-state index >= 15 is 0 Å². The number of allylic oxidation sites excluding steroid dienone is 2. The molecule has 0 saturated carbocycles. The van der Waals surface area contributed by atoms with Gasteiger partial charge in [-0.1, -0.05) is 123 Å². The van der Waals surface area contributed by atoms with E-state index in [0.717, 1.165) is 49.9 Å². The molecule has 0 aromatic carbocycles. The molecule has 8 nitrogen and oxygen atoms in total. The minimum atomic E-state index is -1.38. The summed E-state index contributed by atoms with van der Waals surface area (Å²) in [5.74, 6) is 4.38. The smallest absolute Gasteiger partial charge is 0.131 e. The molecule has 0 aromatic heterocycles. The van der Waals surface area contributed by atoms with E-state index in [4.69, 9.17) is 40.9 Å². The first kappa shape index (κ1) is 80.0. The molecule has 0 aliphatic heterocycles. The maximum Gasteiger partial charge on any atom is 0.131 e. The summed E-state index contributed by atoms with van der Waals surface area (Å²) in [6.45, 7) is 43.5. The van der Waals surface area contributed by atoms with Crippen molar-refractivity contribution in [3.63, 3.8) is 0 Å². The van der Waals surface area contributed by atoms with Gasteiger partial charge in [0.15, 0.2) is 0 Å². The molecule has 5 atom stereocenters. The lowest BCUT2D eigenvalue weighted by Gasteiger charge is -2.18. The van der Waals surface area contributed by atoms with Gasteiger partial charge in [0.25, 0.3) is 0 Å². The third kappa shape index (κ3) is 99.4. The molecule has 0 bridgehead atoms. The van der Waals surface area contributed by atoms with Crippen LogP contribution in [-0.4, -0.2) is 110 Å².